The van der Waals surface area contributed by atoms with Crippen LogP contribution in [0.1, 0.15) is 16.2 Å². The Labute approximate surface area is 126 Å². The van der Waals surface area contributed by atoms with Crippen molar-refractivity contribution in [2.75, 3.05) is 10.6 Å². The number of amides is 1. The molecule has 0 radical (unpaired) electrons. The molecule has 3 aromatic rings. The predicted octanol–water partition coefficient (Wildman–Crippen LogP) is 2.33. The van der Waals surface area contributed by atoms with Crippen molar-refractivity contribution in [3.05, 3.63) is 66.4 Å². The van der Waals surface area contributed by atoms with Gasteiger partial charge in [-0.05, 0) is 36.4 Å². The Morgan fingerprint density at radius 2 is 1.91 bits per heavy atom. The van der Waals surface area contributed by atoms with Crippen molar-refractivity contribution in [3.8, 4) is 0 Å². The molecule has 0 aliphatic carbocycles. The fourth-order valence-corrected chi connectivity index (χ4v) is 1.76. The van der Waals surface area contributed by atoms with Gasteiger partial charge >= 0.3 is 0 Å². The molecule has 0 spiro atoms. The number of anilines is 2. The summed E-state index contributed by atoms with van der Waals surface area (Å²) >= 11 is 0. The summed E-state index contributed by atoms with van der Waals surface area (Å²) in [4.78, 5) is 16.0. The topological polar surface area (TPSA) is 92.9 Å². The third-order valence-corrected chi connectivity index (χ3v) is 2.83. The fraction of sp³-hybridized carbons (Fsp3) is 0.0667. The highest BCUT2D eigenvalue weighted by Gasteiger charge is 2.09. The van der Waals surface area contributed by atoms with Gasteiger partial charge in [0.1, 0.15) is 5.82 Å². The molecule has 0 saturated carbocycles. The van der Waals surface area contributed by atoms with Crippen LogP contribution in [0.5, 0.6) is 0 Å². The molecule has 0 saturated heterocycles. The Balaban J connectivity index is 1.57. The molecule has 0 bridgehead atoms. The lowest BCUT2D eigenvalue weighted by atomic mass is 10.3. The van der Waals surface area contributed by atoms with E-state index < -0.39 is 0 Å². The van der Waals surface area contributed by atoms with Gasteiger partial charge in [-0.1, -0.05) is 6.07 Å². The molecule has 3 rings (SSSR count). The molecule has 7 heteroatoms. The number of nitrogens with one attached hydrogen (secondary N) is 2. The summed E-state index contributed by atoms with van der Waals surface area (Å²) in [6.07, 6.45) is 3.17. The first-order chi connectivity index (χ1) is 10.8. The second kappa shape index (κ2) is 6.49. The van der Waals surface area contributed by atoms with E-state index in [0.717, 1.165) is 5.69 Å². The van der Waals surface area contributed by atoms with E-state index in [1.54, 1.807) is 30.5 Å². The van der Waals surface area contributed by atoms with E-state index in [1.165, 1.54) is 6.26 Å². The molecule has 3 heterocycles. The van der Waals surface area contributed by atoms with Gasteiger partial charge in [0.15, 0.2) is 11.6 Å². The lowest BCUT2D eigenvalue weighted by molar-refractivity contribution is 0.0996. The molecule has 0 unspecified atom stereocenters. The summed E-state index contributed by atoms with van der Waals surface area (Å²) in [7, 11) is 0. The van der Waals surface area contributed by atoms with Crippen LogP contribution in [0.2, 0.25) is 0 Å². The number of rotatable bonds is 5. The van der Waals surface area contributed by atoms with E-state index in [4.69, 9.17) is 4.42 Å². The monoisotopic (exact) mass is 295 g/mol. The second-order valence-electron chi connectivity index (χ2n) is 4.41. The van der Waals surface area contributed by atoms with Gasteiger partial charge < -0.3 is 15.1 Å². The average Bonchev–Trinajstić information content (AvgIpc) is 3.10. The first kappa shape index (κ1) is 13.7. The van der Waals surface area contributed by atoms with Crippen LogP contribution in [0.25, 0.3) is 0 Å². The summed E-state index contributed by atoms with van der Waals surface area (Å²) in [5, 5.41) is 13.6. The van der Waals surface area contributed by atoms with Gasteiger partial charge in [0.2, 0.25) is 0 Å². The minimum Gasteiger partial charge on any atom is -0.459 e. The Kier molecular flexibility index (Phi) is 4.05. The number of pyridine rings is 1. The van der Waals surface area contributed by atoms with Crippen molar-refractivity contribution in [3.63, 3.8) is 0 Å². The second-order valence-corrected chi connectivity index (χ2v) is 4.41. The quantitative estimate of drug-likeness (QED) is 0.750. The summed E-state index contributed by atoms with van der Waals surface area (Å²) in [5.41, 5.74) is 0.902. The first-order valence-electron chi connectivity index (χ1n) is 6.63. The van der Waals surface area contributed by atoms with Crippen LogP contribution in [0.15, 0.2) is 59.3 Å². The number of nitrogens with zero attached hydrogens (tertiary/aromatic N) is 3. The maximum absolute atomic E-state index is 11.8. The maximum Gasteiger partial charge on any atom is 0.292 e. The van der Waals surface area contributed by atoms with Crippen LogP contribution in [-0.2, 0) is 6.54 Å². The SMILES string of the molecule is O=C(Nc1ccc(NCc2ccccn2)nn1)c1ccco1. The highest BCUT2D eigenvalue weighted by molar-refractivity contribution is 6.01. The Morgan fingerprint density at radius 1 is 1.05 bits per heavy atom. The first-order valence-corrected chi connectivity index (χ1v) is 6.63. The minimum atomic E-state index is -0.367. The molecular weight excluding hydrogens is 282 g/mol. The smallest absolute Gasteiger partial charge is 0.292 e. The van der Waals surface area contributed by atoms with Crippen LogP contribution in [0.3, 0.4) is 0 Å². The normalized spacial score (nSPS) is 10.2. The number of carbonyl (C=O) groups is 1. The van der Waals surface area contributed by atoms with Crippen molar-refractivity contribution < 1.29 is 9.21 Å². The Bertz CT molecular complexity index is 726. The minimum absolute atomic E-state index is 0.221. The number of furan rings is 1. The van der Waals surface area contributed by atoms with Crippen molar-refractivity contribution in [1.29, 1.82) is 0 Å². The van der Waals surface area contributed by atoms with Gasteiger partial charge in [0.05, 0.1) is 18.5 Å². The number of hydrogen-bond acceptors (Lipinski definition) is 6. The van der Waals surface area contributed by atoms with E-state index in [-0.39, 0.29) is 11.7 Å². The third kappa shape index (κ3) is 3.45. The molecule has 22 heavy (non-hydrogen) atoms. The van der Waals surface area contributed by atoms with Gasteiger partial charge in [-0.15, -0.1) is 10.2 Å². The van der Waals surface area contributed by atoms with Crippen molar-refractivity contribution in [2.24, 2.45) is 0 Å². The number of hydrogen-bond donors (Lipinski definition) is 2. The van der Waals surface area contributed by atoms with Crippen molar-refractivity contribution >= 4 is 17.5 Å². The molecule has 2 N–H and O–H groups in total. The van der Waals surface area contributed by atoms with Gasteiger partial charge in [-0.25, -0.2) is 0 Å². The van der Waals surface area contributed by atoms with Gasteiger partial charge in [-0.2, -0.15) is 0 Å². The summed E-state index contributed by atoms with van der Waals surface area (Å²) < 4.78 is 5.00. The Hall–Kier alpha value is -3.22. The zero-order valence-corrected chi connectivity index (χ0v) is 11.6. The molecule has 110 valence electrons. The van der Waals surface area contributed by atoms with Crippen LogP contribution >= 0.6 is 0 Å². The molecule has 1 amide bonds. The highest BCUT2D eigenvalue weighted by Crippen LogP contribution is 2.09. The largest absolute Gasteiger partial charge is 0.459 e. The van der Waals surface area contributed by atoms with Gasteiger partial charge in [-0.3, -0.25) is 9.78 Å². The molecule has 0 aromatic carbocycles. The van der Waals surface area contributed by atoms with Crippen LogP contribution in [0, 0.1) is 0 Å². The molecule has 7 nitrogen and oxygen atoms in total. The van der Waals surface area contributed by atoms with E-state index in [9.17, 15) is 4.79 Å². The summed E-state index contributed by atoms with van der Waals surface area (Å²) in [6.45, 7) is 0.549. The lowest BCUT2D eigenvalue weighted by Crippen LogP contribution is -2.13. The molecule has 0 fully saturated rings. The van der Waals surface area contributed by atoms with Gasteiger partial charge in [0.25, 0.3) is 5.91 Å². The number of carbonyl (C=O) groups excluding carboxylic acids is 1. The van der Waals surface area contributed by atoms with E-state index in [2.05, 4.69) is 25.8 Å². The summed E-state index contributed by atoms with van der Waals surface area (Å²) in [5.74, 6) is 0.805. The maximum atomic E-state index is 11.8. The summed E-state index contributed by atoms with van der Waals surface area (Å²) in [6, 6.07) is 12.3. The van der Waals surface area contributed by atoms with E-state index >= 15 is 0 Å². The van der Waals surface area contributed by atoms with Crippen LogP contribution < -0.4 is 10.6 Å². The van der Waals surface area contributed by atoms with Crippen LogP contribution in [-0.4, -0.2) is 21.1 Å². The zero-order chi connectivity index (χ0) is 15.2. The molecule has 0 atom stereocenters. The lowest BCUT2D eigenvalue weighted by Gasteiger charge is -2.05. The standard InChI is InChI=1S/C15H13N5O2/c21-15(12-5-3-9-22-12)18-14-7-6-13(19-20-14)17-10-11-4-1-2-8-16-11/h1-9H,10H2,(H,17,19)(H,18,20,21). The molecular formula is C15H13N5O2. The highest BCUT2D eigenvalue weighted by atomic mass is 16.3. The van der Waals surface area contributed by atoms with Crippen molar-refractivity contribution in [2.45, 2.75) is 6.54 Å². The van der Waals surface area contributed by atoms with E-state index in [1.807, 2.05) is 18.2 Å². The van der Waals surface area contributed by atoms with Gasteiger partial charge in [0, 0.05) is 6.20 Å². The fourth-order valence-electron chi connectivity index (χ4n) is 1.76. The third-order valence-electron chi connectivity index (χ3n) is 2.83. The van der Waals surface area contributed by atoms with Crippen molar-refractivity contribution in [1.82, 2.24) is 15.2 Å². The molecule has 0 aliphatic heterocycles. The number of aromatic nitrogens is 3. The molecule has 0 aliphatic rings. The predicted molar refractivity (Wildman–Crippen MR) is 80.3 cm³/mol. The van der Waals surface area contributed by atoms with E-state index in [0.29, 0.717) is 18.2 Å². The van der Waals surface area contributed by atoms with Crippen LogP contribution in [0.4, 0.5) is 11.6 Å². The zero-order valence-electron chi connectivity index (χ0n) is 11.6. The average molecular weight is 295 g/mol. The molecule has 3 aromatic heterocycles. The Morgan fingerprint density at radius 3 is 2.59 bits per heavy atom.